The quantitative estimate of drug-likeness (QED) is 0.788. The lowest BCUT2D eigenvalue weighted by Gasteiger charge is -2.12. The third-order valence-corrected chi connectivity index (χ3v) is 3.79. The molecule has 1 heterocycles. The summed E-state index contributed by atoms with van der Waals surface area (Å²) in [6, 6.07) is 17.6. The Hall–Kier alpha value is -1.90. The third-order valence-electron chi connectivity index (χ3n) is 3.56. The topological polar surface area (TPSA) is 33.1 Å². The fraction of sp³-hybridized carbons (Fsp3) is 0.167. The van der Waals surface area contributed by atoms with Gasteiger partial charge in [-0.3, -0.25) is 4.98 Å². The Labute approximate surface area is 129 Å². The van der Waals surface area contributed by atoms with Gasteiger partial charge < -0.3 is 5.11 Å². The van der Waals surface area contributed by atoms with E-state index in [0.29, 0.717) is 17.9 Å². The zero-order valence-corrected chi connectivity index (χ0v) is 12.3. The van der Waals surface area contributed by atoms with Crippen LogP contribution in [-0.2, 0) is 12.8 Å². The van der Waals surface area contributed by atoms with Crippen molar-refractivity contribution in [2.24, 2.45) is 0 Å². The van der Waals surface area contributed by atoms with Gasteiger partial charge in [0.2, 0.25) is 0 Å². The lowest BCUT2D eigenvalue weighted by Crippen LogP contribution is -2.14. The Bertz CT molecular complexity index is 752. The van der Waals surface area contributed by atoms with Gasteiger partial charge in [0.05, 0.1) is 11.6 Å². The maximum atomic E-state index is 10.3. The molecule has 3 aromatic rings. The van der Waals surface area contributed by atoms with Crippen LogP contribution in [0.25, 0.3) is 10.9 Å². The summed E-state index contributed by atoms with van der Waals surface area (Å²) in [5.41, 5.74) is 3.13. The molecule has 0 spiro atoms. The predicted octanol–water partition coefficient (Wildman–Crippen LogP) is 4.03. The largest absolute Gasteiger partial charge is 0.392 e. The minimum Gasteiger partial charge on any atom is -0.392 e. The highest BCUT2D eigenvalue weighted by atomic mass is 35.5. The molecule has 21 heavy (non-hydrogen) atoms. The van der Waals surface area contributed by atoms with E-state index in [9.17, 15) is 5.11 Å². The molecule has 0 aliphatic carbocycles. The van der Waals surface area contributed by atoms with E-state index in [1.807, 2.05) is 54.6 Å². The smallest absolute Gasteiger partial charge is 0.0704 e. The zero-order chi connectivity index (χ0) is 14.7. The maximum absolute atomic E-state index is 10.3. The maximum Gasteiger partial charge on any atom is 0.0704 e. The lowest BCUT2D eigenvalue weighted by atomic mass is 9.99. The van der Waals surface area contributed by atoms with E-state index in [1.165, 1.54) is 0 Å². The molecular weight excluding hydrogens is 282 g/mol. The average Bonchev–Trinajstić information content (AvgIpc) is 2.47. The van der Waals surface area contributed by atoms with E-state index >= 15 is 0 Å². The number of aliphatic hydroxyl groups is 1. The molecule has 2 nitrogen and oxygen atoms in total. The number of aliphatic hydroxyl groups excluding tert-OH is 1. The number of benzene rings is 2. The monoisotopic (exact) mass is 297 g/mol. The summed E-state index contributed by atoms with van der Waals surface area (Å²) >= 11 is 5.98. The molecule has 1 aromatic heterocycles. The third kappa shape index (κ3) is 3.41. The van der Waals surface area contributed by atoms with Gasteiger partial charge in [-0.05, 0) is 48.2 Å². The Morgan fingerprint density at radius 1 is 1.00 bits per heavy atom. The van der Waals surface area contributed by atoms with Crippen molar-refractivity contribution in [1.29, 1.82) is 0 Å². The van der Waals surface area contributed by atoms with Crippen LogP contribution in [0.15, 0.2) is 60.8 Å². The fourth-order valence-electron chi connectivity index (χ4n) is 2.60. The first kappa shape index (κ1) is 14.1. The molecule has 1 N–H and O–H groups in total. The molecule has 0 aliphatic heterocycles. The first-order valence-corrected chi connectivity index (χ1v) is 7.35. The van der Waals surface area contributed by atoms with Crippen molar-refractivity contribution in [3.8, 4) is 0 Å². The van der Waals surface area contributed by atoms with Crippen LogP contribution in [0.1, 0.15) is 11.1 Å². The minimum absolute atomic E-state index is 0.436. The summed E-state index contributed by atoms with van der Waals surface area (Å²) in [6.45, 7) is 0. The summed E-state index contributed by atoms with van der Waals surface area (Å²) in [7, 11) is 0. The van der Waals surface area contributed by atoms with Gasteiger partial charge in [-0.15, -0.1) is 0 Å². The van der Waals surface area contributed by atoms with E-state index in [0.717, 1.165) is 22.0 Å². The number of para-hydroxylation sites is 1. The molecule has 1 unspecified atom stereocenters. The molecule has 106 valence electrons. The average molecular weight is 298 g/mol. The van der Waals surface area contributed by atoms with Crippen molar-refractivity contribution in [1.82, 2.24) is 4.98 Å². The van der Waals surface area contributed by atoms with E-state index in [-0.39, 0.29) is 0 Å². The van der Waals surface area contributed by atoms with Crippen molar-refractivity contribution in [2.75, 3.05) is 0 Å². The Balaban J connectivity index is 1.79. The van der Waals surface area contributed by atoms with Gasteiger partial charge >= 0.3 is 0 Å². The molecular formula is C18H16ClNO. The van der Waals surface area contributed by atoms with Crippen LogP contribution in [0, 0.1) is 0 Å². The van der Waals surface area contributed by atoms with Crippen LogP contribution in [0.3, 0.4) is 0 Å². The molecule has 3 rings (SSSR count). The molecule has 0 fully saturated rings. The summed E-state index contributed by atoms with van der Waals surface area (Å²) in [5, 5.41) is 12.1. The van der Waals surface area contributed by atoms with Crippen molar-refractivity contribution in [3.05, 3.63) is 76.9 Å². The number of nitrogens with zero attached hydrogens (tertiary/aromatic N) is 1. The molecule has 0 amide bonds. The van der Waals surface area contributed by atoms with E-state index in [2.05, 4.69) is 4.98 Å². The number of hydrogen-bond donors (Lipinski definition) is 1. The molecule has 0 saturated carbocycles. The molecule has 3 heteroatoms. The van der Waals surface area contributed by atoms with Crippen molar-refractivity contribution in [2.45, 2.75) is 18.9 Å². The number of hydrogen-bond acceptors (Lipinski definition) is 2. The highest BCUT2D eigenvalue weighted by Gasteiger charge is 2.10. The van der Waals surface area contributed by atoms with Gasteiger partial charge in [0.25, 0.3) is 0 Å². The van der Waals surface area contributed by atoms with Crippen LogP contribution in [0.4, 0.5) is 0 Å². The van der Waals surface area contributed by atoms with Gasteiger partial charge in [-0.1, -0.05) is 41.9 Å². The number of pyridine rings is 1. The Morgan fingerprint density at radius 3 is 2.71 bits per heavy atom. The highest BCUT2D eigenvalue weighted by molar-refractivity contribution is 6.30. The molecule has 2 aromatic carbocycles. The van der Waals surface area contributed by atoms with Crippen LogP contribution in [0.2, 0.25) is 5.02 Å². The molecule has 0 radical (unpaired) electrons. The van der Waals surface area contributed by atoms with Crippen LogP contribution >= 0.6 is 11.6 Å². The second-order valence-electron chi connectivity index (χ2n) is 5.18. The SMILES string of the molecule is OC(Cc1cccc(Cl)c1)Cc1ccnc2ccccc12. The van der Waals surface area contributed by atoms with Gasteiger partial charge in [0.15, 0.2) is 0 Å². The number of rotatable bonds is 4. The standard InChI is InChI=1S/C18H16ClNO/c19-15-5-3-4-13(10-15)11-16(21)12-14-8-9-20-18-7-2-1-6-17(14)18/h1-10,16,21H,11-12H2. The van der Waals surface area contributed by atoms with Gasteiger partial charge in [-0.2, -0.15) is 0 Å². The first-order chi connectivity index (χ1) is 10.2. The number of fused-ring (bicyclic) bond motifs is 1. The van der Waals surface area contributed by atoms with Crippen LogP contribution in [0.5, 0.6) is 0 Å². The molecule has 0 bridgehead atoms. The molecule has 0 aliphatic rings. The summed E-state index contributed by atoms with van der Waals surface area (Å²) in [5.74, 6) is 0. The predicted molar refractivity (Wildman–Crippen MR) is 86.6 cm³/mol. The zero-order valence-electron chi connectivity index (χ0n) is 11.5. The second kappa shape index (κ2) is 6.25. The van der Waals surface area contributed by atoms with Crippen molar-refractivity contribution in [3.63, 3.8) is 0 Å². The van der Waals surface area contributed by atoms with E-state index in [4.69, 9.17) is 11.6 Å². The minimum atomic E-state index is -0.436. The molecule has 0 saturated heterocycles. The fourth-order valence-corrected chi connectivity index (χ4v) is 2.81. The molecule has 1 atom stereocenters. The van der Waals surface area contributed by atoms with Crippen molar-refractivity contribution < 1.29 is 5.11 Å². The van der Waals surface area contributed by atoms with Gasteiger partial charge in [0.1, 0.15) is 0 Å². The number of aromatic nitrogens is 1. The van der Waals surface area contributed by atoms with E-state index < -0.39 is 6.10 Å². The summed E-state index contributed by atoms with van der Waals surface area (Å²) < 4.78 is 0. The van der Waals surface area contributed by atoms with Gasteiger partial charge in [-0.25, -0.2) is 0 Å². The van der Waals surface area contributed by atoms with Crippen LogP contribution < -0.4 is 0 Å². The first-order valence-electron chi connectivity index (χ1n) is 6.97. The van der Waals surface area contributed by atoms with Gasteiger partial charge in [0, 0.05) is 16.6 Å². The Kier molecular flexibility index (Phi) is 4.18. The van der Waals surface area contributed by atoms with E-state index in [1.54, 1.807) is 6.20 Å². The van der Waals surface area contributed by atoms with Crippen LogP contribution in [-0.4, -0.2) is 16.2 Å². The Morgan fingerprint density at radius 2 is 1.86 bits per heavy atom. The second-order valence-corrected chi connectivity index (χ2v) is 5.62. The van der Waals surface area contributed by atoms with Crippen molar-refractivity contribution >= 4 is 22.5 Å². The normalized spacial score (nSPS) is 12.5. The highest BCUT2D eigenvalue weighted by Crippen LogP contribution is 2.19. The summed E-state index contributed by atoms with van der Waals surface area (Å²) in [6.07, 6.45) is 2.56. The summed E-state index contributed by atoms with van der Waals surface area (Å²) in [4.78, 5) is 4.35. The lowest BCUT2D eigenvalue weighted by molar-refractivity contribution is 0.176. The number of halogens is 1.